The first kappa shape index (κ1) is 12.5. The van der Waals surface area contributed by atoms with Crippen molar-refractivity contribution >= 4 is 17.2 Å². The van der Waals surface area contributed by atoms with Gasteiger partial charge in [-0.1, -0.05) is 0 Å². The summed E-state index contributed by atoms with van der Waals surface area (Å²) in [6.07, 6.45) is -2.92. The molecule has 1 aliphatic heterocycles. The van der Waals surface area contributed by atoms with E-state index in [0.717, 1.165) is 14.4 Å². The molecular formula is C12H12F3N3S. The number of anilines is 1. The van der Waals surface area contributed by atoms with Crippen molar-refractivity contribution in [2.75, 3.05) is 5.32 Å². The van der Waals surface area contributed by atoms with Crippen molar-refractivity contribution in [1.29, 1.82) is 0 Å². The lowest BCUT2D eigenvalue weighted by Crippen LogP contribution is -2.35. The van der Waals surface area contributed by atoms with Crippen molar-refractivity contribution in [3.8, 4) is 0 Å². The number of rotatable bonds is 1. The van der Waals surface area contributed by atoms with Gasteiger partial charge in [-0.25, -0.2) is 4.68 Å². The number of fused-ring (bicyclic) bond motifs is 1. The second-order valence-corrected chi connectivity index (χ2v) is 5.92. The van der Waals surface area contributed by atoms with Gasteiger partial charge in [-0.15, -0.1) is 11.3 Å². The molecule has 1 N–H and O–H groups in total. The number of halogens is 3. The van der Waals surface area contributed by atoms with Crippen LogP contribution in [0.25, 0.3) is 0 Å². The van der Waals surface area contributed by atoms with E-state index in [0.29, 0.717) is 5.82 Å². The summed E-state index contributed by atoms with van der Waals surface area (Å²) >= 11 is 1.52. The van der Waals surface area contributed by atoms with Gasteiger partial charge >= 0.3 is 6.18 Å². The average Bonchev–Trinajstić information content (AvgIpc) is 2.94. The lowest BCUT2D eigenvalue weighted by Gasteiger charge is -2.32. The van der Waals surface area contributed by atoms with Crippen LogP contribution in [-0.2, 0) is 0 Å². The minimum Gasteiger partial charge on any atom is -0.363 e. The molecular weight excluding hydrogens is 275 g/mol. The van der Waals surface area contributed by atoms with Crippen LogP contribution in [0.2, 0.25) is 0 Å². The molecule has 3 rings (SSSR count). The Labute approximate surface area is 112 Å². The summed E-state index contributed by atoms with van der Waals surface area (Å²) < 4.78 is 40.3. The van der Waals surface area contributed by atoms with Gasteiger partial charge in [0.15, 0.2) is 6.04 Å². The van der Waals surface area contributed by atoms with Crippen molar-refractivity contribution in [2.24, 2.45) is 0 Å². The number of thiophene rings is 1. The van der Waals surface area contributed by atoms with Crippen LogP contribution in [0.4, 0.5) is 19.0 Å². The lowest BCUT2D eigenvalue weighted by molar-refractivity contribution is -0.173. The van der Waals surface area contributed by atoms with E-state index in [-0.39, 0.29) is 12.5 Å². The van der Waals surface area contributed by atoms with E-state index in [1.54, 1.807) is 6.07 Å². The van der Waals surface area contributed by atoms with Crippen molar-refractivity contribution in [3.63, 3.8) is 0 Å². The SMILES string of the molecule is Cc1ccc([C@H]2C[C@@H](C(F)(F)F)n3nccc3N2)s1. The molecule has 3 heterocycles. The minimum absolute atomic E-state index is 0.0296. The van der Waals surface area contributed by atoms with Crippen LogP contribution < -0.4 is 5.32 Å². The van der Waals surface area contributed by atoms with Crippen LogP contribution in [0, 0.1) is 6.92 Å². The van der Waals surface area contributed by atoms with Crippen LogP contribution in [0.5, 0.6) is 0 Å². The summed E-state index contributed by atoms with van der Waals surface area (Å²) in [5.41, 5.74) is 0. The number of hydrogen-bond donors (Lipinski definition) is 1. The third-order valence-electron chi connectivity index (χ3n) is 3.23. The van der Waals surface area contributed by atoms with E-state index in [1.807, 2.05) is 19.1 Å². The highest BCUT2D eigenvalue weighted by Gasteiger charge is 2.46. The average molecular weight is 287 g/mol. The summed E-state index contributed by atoms with van der Waals surface area (Å²) in [5.74, 6) is 0.421. The van der Waals surface area contributed by atoms with Crippen molar-refractivity contribution in [1.82, 2.24) is 9.78 Å². The molecule has 2 aromatic heterocycles. The van der Waals surface area contributed by atoms with Gasteiger partial charge in [-0.05, 0) is 19.1 Å². The fourth-order valence-electron chi connectivity index (χ4n) is 2.34. The molecule has 7 heteroatoms. The topological polar surface area (TPSA) is 29.9 Å². The molecule has 0 aliphatic carbocycles. The molecule has 0 saturated carbocycles. The van der Waals surface area contributed by atoms with Gasteiger partial charge in [0.25, 0.3) is 0 Å². The Bertz CT molecular complexity index is 587. The van der Waals surface area contributed by atoms with Gasteiger partial charge in [0.2, 0.25) is 0 Å². The van der Waals surface area contributed by atoms with E-state index in [2.05, 4.69) is 10.4 Å². The van der Waals surface area contributed by atoms with E-state index in [1.165, 1.54) is 17.5 Å². The predicted octanol–water partition coefficient (Wildman–Crippen LogP) is 3.91. The summed E-state index contributed by atoms with van der Waals surface area (Å²) in [6.45, 7) is 1.95. The summed E-state index contributed by atoms with van der Waals surface area (Å²) in [7, 11) is 0. The molecule has 2 aromatic rings. The number of hydrogen-bond acceptors (Lipinski definition) is 3. The van der Waals surface area contributed by atoms with E-state index < -0.39 is 12.2 Å². The van der Waals surface area contributed by atoms with Gasteiger partial charge in [0.1, 0.15) is 5.82 Å². The minimum atomic E-state index is -4.28. The third kappa shape index (κ3) is 2.22. The monoisotopic (exact) mass is 287 g/mol. The first-order valence-corrected chi connectivity index (χ1v) is 6.70. The maximum atomic E-state index is 13.1. The first-order valence-electron chi connectivity index (χ1n) is 5.88. The molecule has 0 bridgehead atoms. The highest BCUT2D eigenvalue weighted by atomic mass is 32.1. The molecule has 0 radical (unpaired) electrons. The second-order valence-electron chi connectivity index (χ2n) is 4.60. The summed E-state index contributed by atoms with van der Waals surface area (Å²) in [4.78, 5) is 2.03. The molecule has 102 valence electrons. The Kier molecular flexibility index (Phi) is 2.81. The standard InChI is InChI=1S/C12H12F3N3S/c1-7-2-3-9(19-7)8-6-10(12(13,14)15)18-11(17-8)4-5-16-18/h2-5,8,10,17H,6H2,1H3/t8-,10+/m1/s1. The predicted molar refractivity (Wildman–Crippen MR) is 67.4 cm³/mol. The van der Waals surface area contributed by atoms with Gasteiger partial charge in [0, 0.05) is 22.2 Å². The maximum Gasteiger partial charge on any atom is 0.410 e. The van der Waals surface area contributed by atoms with Gasteiger partial charge in [-0.2, -0.15) is 18.3 Å². The molecule has 0 spiro atoms. The molecule has 19 heavy (non-hydrogen) atoms. The van der Waals surface area contributed by atoms with Gasteiger partial charge in [-0.3, -0.25) is 0 Å². The molecule has 0 saturated heterocycles. The van der Waals surface area contributed by atoms with Crippen LogP contribution in [0.15, 0.2) is 24.4 Å². The Balaban J connectivity index is 1.96. The largest absolute Gasteiger partial charge is 0.410 e. The Morgan fingerprint density at radius 2 is 2.16 bits per heavy atom. The zero-order valence-electron chi connectivity index (χ0n) is 10.1. The van der Waals surface area contributed by atoms with Gasteiger partial charge in [0.05, 0.1) is 12.2 Å². The van der Waals surface area contributed by atoms with Crippen molar-refractivity contribution in [3.05, 3.63) is 34.2 Å². The molecule has 0 unspecified atom stereocenters. The number of aryl methyl sites for hydroxylation is 1. The smallest absolute Gasteiger partial charge is 0.363 e. The highest BCUT2D eigenvalue weighted by Crippen LogP contribution is 2.44. The van der Waals surface area contributed by atoms with Crippen molar-refractivity contribution in [2.45, 2.75) is 31.6 Å². The van der Waals surface area contributed by atoms with E-state index in [4.69, 9.17) is 0 Å². The third-order valence-corrected chi connectivity index (χ3v) is 4.34. The molecule has 1 aliphatic rings. The fourth-order valence-corrected chi connectivity index (χ4v) is 3.28. The Morgan fingerprint density at radius 3 is 2.79 bits per heavy atom. The van der Waals surface area contributed by atoms with Gasteiger partial charge < -0.3 is 5.32 Å². The van der Waals surface area contributed by atoms with Crippen LogP contribution in [0.1, 0.15) is 28.3 Å². The molecule has 2 atom stereocenters. The maximum absolute atomic E-state index is 13.1. The number of nitrogens with one attached hydrogen (secondary N) is 1. The Morgan fingerprint density at radius 1 is 1.37 bits per heavy atom. The van der Waals surface area contributed by atoms with E-state index in [9.17, 15) is 13.2 Å². The zero-order chi connectivity index (χ0) is 13.6. The normalized spacial score (nSPS) is 22.9. The van der Waals surface area contributed by atoms with Crippen LogP contribution >= 0.6 is 11.3 Å². The molecule has 0 fully saturated rings. The number of aromatic nitrogens is 2. The second kappa shape index (κ2) is 4.26. The molecule has 0 aromatic carbocycles. The zero-order valence-corrected chi connectivity index (χ0v) is 10.9. The van der Waals surface area contributed by atoms with Crippen LogP contribution in [0.3, 0.4) is 0 Å². The van der Waals surface area contributed by atoms with Crippen molar-refractivity contribution < 1.29 is 13.2 Å². The highest BCUT2D eigenvalue weighted by molar-refractivity contribution is 7.12. The summed E-state index contributed by atoms with van der Waals surface area (Å²) in [5, 5.41) is 6.90. The lowest BCUT2D eigenvalue weighted by atomic mass is 10.0. The quantitative estimate of drug-likeness (QED) is 0.861. The number of nitrogens with zero attached hydrogens (tertiary/aromatic N) is 2. The van der Waals surface area contributed by atoms with Crippen LogP contribution in [-0.4, -0.2) is 16.0 Å². The first-order chi connectivity index (χ1) is 8.95. The number of alkyl halides is 3. The van der Waals surface area contributed by atoms with E-state index >= 15 is 0 Å². The molecule has 3 nitrogen and oxygen atoms in total. The Hall–Kier alpha value is -1.50. The fraction of sp³-hybridized carbons (Fsp3) is 0.417. The molecule has 0 amide bonds. The summed E-state index contributed by atoms with van der Waals surface area (Å²) in [6, 6.07) is 3.51.